The molecule has 0 aliphatic carbocycles. The molecule has 2 aliphatic rings. The van der Waals surface area contributed by atoms with Gasteiger partial charge >= 0.3 is 0 Å². The Bertz CT molecular complexity index is 626. The Balaban J connectivity index is 1.71. The Morgan fingerprint density at radius 1 is 1.43 bits per heavy atom. The molecule has 0 radical (unpaired) electrons. The molecule has 23 heavy (non-hydrogen) atoms. The number of imidazole rings is 1. The number of carbonyl (C=O) groups is 2. The van der Waals surface area contributed by atoms with Gasteiger partial charge in [-0.15, -0.1) is 0 Å². The lowest BCUT2D eigenvalue weighted by Gasteiger charge is -2.41. The lowest BCUT2D eigenvalue weighted by molar-refractivity contribution is -0.143. The van der Waals surface area contributed by atoms with Gasteiger partial charge in [0, 0.05) is 51.9 Å². The van der Waals surface area contributed by atoms with Crippen LogP contribution >= 0.6 is 0 Å². The van der Waals surface area contributed by atoms with Crippen LogP contribution in [0, 0.1) is 6.92 Å². The standard InChI is InChI=1S/C16H25N5O2/c1-10-16(23)21-7-13(18-12(3)22)5-14(21)8-20(10)9-15-6-17-11(2)19(15)4/h6,10,13-14H,5,7-9H2,1-4H3,(H,18,22)/t10-,13-,14-/m0/s1. The maximum atomic E-state index is 12.7. The van der Waals surface area contributed by atoms with E-state index < -0.39 is 0 Å². The first-order chi connectivity index (χ1) is 10.9. The first kappa shape index (κ1) is 16.0. The number of piperazine rings is 1. The molecule has 7 nitrogen and oxygen atoms in total. The number of carbonyl (C=O) groups excluding carboxylic acids is 2. The molecule has 7 heteroatoms. The number of aryl methyl sites for hydroxylation is 1. The molecule has 2 amide bonds. The lowest BCUT2D eigenvalue weighted by Crippen LogP contribution is -2.58. The van der Waals surface area contributed by atoms with Crippen molar-refractivity contribution in [3.05, 3.63) is 17.7 Å². The molecule has 1 aromatic rings. The largest absolute Gasteiger partial charge is 0.352 e. The van der Waals surface area contributed by atoms with Gasteiger partial charge in [-0.1, -0.05) is 0 Å². The van der Waals surface area contributed by atoms with Crippen molar-refractivity contribution >= 4 is 11.8 Å². The van der Waals surface area contributed by atoms with Crippen LogP contribution in [0.5, 0.6) is 0 Å². The third-order valence-electron chi connectivity index (χ3n) is 5.14. The van der Waals surface area contributed by atoms with Crippen molar-refractivity contribution in [3.63, 3.8) is 0 Å². The second-order valence-electron chi connectivity index (χ2n) is 6.74. The Hall–Kier alpha value is -1.89. The lowest BCUT2D eigenvalue weighted by atomic mass is 10.1. The van der Waals surface area contributed by atoms with E-state index in [1.807, 2.05) is 32.0 Å². The predicted octanol–water partition coefficient (Wildman–Crippen LogP) is 0.0382. The van der Waals surface area contributed by atoms with E-state index in [9.17, 15) is 9.59 Å². The van der Waals surface area contributed by atoms with Crippen LogP contribution in [0.3, 0.4) is 0 Å². The number of hydrogen-bond acceptors (Lipinski definition) is 4. The van der Waals surface area contributed by atoms with Crippen molar-refractivity contribution in [2.24, 2.45) is 7.05 Å². The van der Waals surface area contributed by atoms with Gasteiger partial charge in [0.1, 0.15) is 5.82 Å². The minimum absolute atomic E-state index is 0.0300. The van der Waals surface area contributed by atoms with Crippen LogP contribution in [0.25, 0.3) is 0 Å². The summed E-state index contributed by atoms with van der Waals surface area (Å²) in [5.74, 6) is 1.11. The van der Waals surface area contributed by atoms with E-state index >= 15 is 0 Å². The molecule has 0 unspecified atom stereocenters. The van der Waals surface area contributed by atoms with E-state index in [1.54, 1.807) is 0 Å². The Labute approximate surface area is 136 Å². The molecule has 0 bridgehead atoms. The molecule has 3 rings (SSSR count). The number of nitrogens with zero attached hydrogens (tertiary/aromatic N) is 4. The minimum Gasteiger partial charge on any atom is -0.352 e. The van der Waals surface area contributed by atoms with E-state index in [0.717, 1.165) is 31.0 Å². The summed E-state index contributed by atoms with van der Waals surface area (Å²) in [6.45, 7) is 7.66. The van der Waals surface area contributed by atoms with E-state index in [2.05, 4.69) is 19.8 Å². The first-order valence-corrected chi connectivity index (χ1v) is 8.15. The van der Waals surface area contributed by atoms with Crippen LogP contribution in [0.4, 0.5) is 0 Å². The topological polar surface area (TPSA) is 70.5 Å². The van der Waals surface area contributed by atoms with E-state index in [1.165, 1.54) is 6.92 Å². The van der Waals surface area contributed by atoms with Crippen LogP contribution in [-0.2, 0) is 23.2 Å². The maximum Gasteiger partial charge on any atom is 0.240 e. The van der Waals surface area contributed by atoms with Gasteiger partial charge in [-0.25, -0.2) is 4.98 Å². The molecule has 126 valence electrons. The van der Waals surface area contributed by atoms with Gasteiger partial charge in [0.05, 0.1) is 11.7 Å². The summed E-state index contributed by atoms with van der Waals surface area (Å²) < 4.78 is 2.07. The number of amides is 2. The third kappa shape index (κ3) is 2.97. The van der Waals surface area contributed by atoms with Crippen molar-refractivity contribution in [1.82, 2.24) is 24.7 Å². The average molecular weight is 319 g/mol. The SMILES string of the molecule is CC(=O)N[C@H]1C[C@H]2CN(Cc3cnc(C)n3C)[C@@H](C)C(=O)N2C1. The summed E-state index contributed by atoms with van der Waals surface area (Å²) >= 11 is 0. The zero-order valence-corrected chi connectivity index (χ0v) is 14.2. The molecule has 2 aliphatic heterocycles. The van der Waals surface area contributed by atoms with Gasteiger partial charge in [-0.3, -0.25) is 14.5 Å². The highest BCUT2D eigenvalue weighted by Gasteiger charge is 2.43. The fraction of sp³-hybridized carbons (Fsp3) is 0.688. The second-order valence-corrected chi connectivity index (χ2v) is 6.74. The molecule has 3 heterocycles. The van der Waals surface area contributed by atoms with E-state index in [4.69, 9.17) is 0 Å². The van der Waals surface area contributed by atoms with Crippen molar-refractivity contribution in [2.45, 2.75) is 51.9 Å². The van der Waals surface area contributed by atoms with E-state index in [-0.39, 0.29) is 29.9 Å². The molecule has 1 aromatic heterocycles. The Morgan fingerprint density at radius 2 is 2.17 bits per heavy atom. The molecule has 1 N–H and O–H groups in total. The number of rotatable bonds is 3. The monoisotopic (exact) mass is 319 g/mol. The summed E-state index contributed by atoms with van der Waals surface area (Å²) in [5, 5.41) is 2.95. The van der Waals surface area contributed by atoms with Gasteiger partial charge < -0.3 is 14.8 Å². The Morgan fingerprint density at radius 3 is 2.78 bits per heavy atom. The molecule has 2 fully saturated rings. The molecular weight excluding hydrogens is 294 g/mol. The highest BCUT2D eigenvalue weighted by molar-refractivity contribution is 5.83. The summed E-state index contributed by atoms with van der Waals surface area (Å²) in [6.07, 6.45) is 2.71. The molecule has 0 spiro atoms. The summed E-state index contributed by atoms with van der Waals surface area (Å²) in [4.78, 5) is 32.4. The van der Waals surface area contributed by atoms with Gasteiger partial charge in [-0.2, -0.15) is 0 Å². The van der Waals surface area contributed by atoms with Crippen molar-refractivity contribution < 1.29 is 9.59 Å². The molecule has 0 aromatic carbocycles. The number of hydrogen-bond donors (Lipinski definition) is 1. The minimum atomic E-state index is -0.141. The van der Waals surface area contributed by atoms with Crippen LogP contribution in [0.2, 0.25) is 0 Å². The number of aromatic nitrogens is 2. The quantitative estimate of drug-likeness (QED) is 0.854. The van der Waals surface area contributed by atoms with Crippen LogP contribution in [-0.4, -0.2) is 62.4 Å². The van der Waals surface area contributed by atoms with Crippen molar-refractivity contribution in [2.75, 3.05) is 13.1 Å². The van der Waals surface area contributed by atoms with Crippen molar-refractivity contribution in [1.29, 1.82) is 0 Å². The first-order valence-electron chi connectivity index (χ1n) is 8.15. The second kappa shape index (κ2) is 5.96. The maximum absolute atomic E-state index is 12.7. The summed E-state index contributed by atoms with van der Waals surface area (Å²) in [7, 11) is 2.00. The molecule has 3 atom stereocenters. The molecule has 0 saturated carbocycles. The van der Waals surface area contributed by atoms with Crippen LogP contribution < -0.4 is 5.32 Å². The fourth-order valence-electron chi connectivity index (χ4n) is 3.68. The zero-order valence-electron chi connectivity index (χ0n) is 14.2. The molecular formula is C16H25N5O2. The highest BCUT2D eigenvalue weighted by Crippen LogP contribution is 2.27. The van der Waals surface area contributed by atoms with Gasteiger partial charge in [0.15, 0.2) is 0 Å². The van der Waals surface area contributed by atoms with E-state index in [0.29, 0.717) is 6.54 Å². The van der Waals surface area contributed by atoms with Crippen molar-refractivity contribution in [3.8, 4) is 0 Å². The third-order valence-corrected chi connectivity index (χ3v) is 5.14. The highest BCUT2D eigenvalue weighted by atomic mass is 16.2. The van der Waals surface area contributed by atoms with Crippen LogP contribution in [0.15, 0.2) is 6.20 Å². The number of nitrogens with one attached hydrogen (secondary N) is 1. The zero-order chi connectivity index (χ0) is 16.7. The fourth-order valence-corrected chi connectivity index (χ4v) is 3.68. The summed E-state index contributed by atoms with van der Waals surface area (Å²) in [6, 6.07) is 0.120. The summed E-state index contributed by atoms with van der Waals surface area (Å²) in [5.41, 5.74) is 1.12. The average Bonchev–Trinajstić information content (AvgIpc) is 3.01. The number of fused-ring (bicyclic) bond motifs is 1. The smallest absolute Gasteiger partial charge is 0.240 e. The van der Waals surface area contributed by atoms with Crippen LogP contribution in [0.1, 0.15) is 31.8 Å². The normalized spacial score (nSPS) is 28.1. The predicted molar refractivity (Wildman–Crippen MR) is 85.5 cm³/mol. The Kier molecular flexibility index (Phi) is 4.14. The van der Waals surface area contributed by atoms with Gasteiger partial charge in [-0.05, 0) is 20.3 Å². The molecule has 2 saturated heterocycles. The van der Waals surface area contributed by atoms with Gasteiger partial charge in [0.2, 0.25) is 11.8 Å². The van der Waals surface area contributed by atoms with Gasteiger partial charge in [0.25, 0.3) is 0 Å².